The average molecular weight is 730 g/mol. The van der Waals surface area contributed by atoms with Crippen molar-refractivity contribution in [3.8, 4) is 11.1 Å². The minimum atomic E-state index is -0.539. The van der Waals surface area contributed by atoms with E-state index in [-0.39, 0.29) is 48.3 Å². The number of primary amides is 1. The SMILES string of the molecule is CC1(C)CC(=O)n2c(c(-c3ccc(C(N)=O)c(NC4CCC(OC(=O)CCNC(=O)CCCCCNC(=O)OC(C)(C)C)CC4)c3)c3ccccc32)C1. The molecule has 1 aliphatic heterocycles. The molecule has 3 aromatic rings. The Morgan fingerprint density at radius 1 is 0.906 bits per heavy atom. The van der Waals surface area contributed by atoms with Gasteiger partial charge in [-0.05, 0) is 94.9 Å². The van der Waals surface area contributed by atoms with Gasteiger partial charge in [0.25, 0.3) is 5.91 Å². The number of carbonyl (C=O) groups excluding carboxylic acids is 5. The molecule has 53 heavy (non-hydrogen) atoms. The summed E-state index contributed by atoms with van der Waals surface area (Å²) in [5.74, 6) is -0.904. The fraction of sp³-hybridized carbons (Fsp3) is 0.537. The van der Waals surface area contributed by atoms with Crippen LogP contribution >= 0.6 is 0 Å². The van der Waals surface area contributed by atoms with Crippen molar-refractivity contribution in [2.24, 2.45) is 11.1 Å². The van der Waals surface area contributed by atoms with Gasteiger partial charge in [-0.1, -0.05) is 44.5 Å². The van der Waals surface area contributed by atoms with Crippen molar-refractivity contribution in [1.29, 1.82) is 0 Å². The second kappa shape index (κ2) is 16.9. The molecular formula is C41H55N5O7. The van der Waals surface area contributed by atoms with Crippen LogP contribution in [0.1, 0.15) is 120 Å². The first-order chi connectivity index (χ1) is 25.1. The van der Waals surface area contributed by atoms with E-state index in [9.17, 15) is 24.0 Å². The van der Waals surface area contributed by atoms with Crippen LogP contribution in [0.25, 0.3) is 22.0 Å². The monoisotopic (exact) mass is 729 g/mol. The van der Waals surface area contributed by atoms with E-state index in [0.29, 0.717) is 49.9 Å². The highest BCUT2D eigenvalue weighted by Crippen LogP contribution is 2.43. The third-order valence-corrected chi connectivity index (χ3v) is 9.80. The first-order valence-corrected chi connectivity index (χ1v) is 18.9. The van der Waals surface area contributed by atoms with E-state index in [4.69, 9.17) is 15.2 Å². The summed E-state index contributed by atoms with van der Waals surface area (Å²) in [4.78, 5) is 62.3. The number of nitrogens with two attached hydrogens (primary N) is 1. The summed E-state index contributed by atoms with van der Waals surface area (Å²) in [6.45, 7) is 10.4. The number of carbonyl (C=O) groups is 5. The summed E-state index contributed by atoms with van der Waals surface area (Å²) in [5.41, 5.74) is 9.93. The number of nitrogens with one attached hydrogen (secondary N) is 3. The fourth-order valence-corrected chi connectivity index (χ4v) is 7.38. The number of amides is 3. The molecule has 2 heterocycles. The van der Waals surface area contributed by atoms with E-state index in [1.165, 1.54) is 0 Å². The number of anilines is 1. The standard InChI is InChI=1S/C41H55N5O7/c1-40(2,3)53-39(51)44-21-10-6-7-13-34(47)43-22-20-36(49)52-28-17-15-27(16-18-28)45-31-23-26(14-19-29(31)38(42)50)37-30-11-8-9-12-32(30)46-33(37)24-41(4,5)25-35(46)48/h8-9,11-12,14,19,23,27-28,45H,6-7,10,13,15-18,20-22,24-25H2,1-5H3,(H2,42,50)(H,43,47)(H,44,51). The van der Waals surface area contributed by atoms with Crippen molar-refractivity contribution < 1.29 is 33.4 Å². The van der Waals surface area contributed by atoms with E-state index < -0.39 is 17.6 Å². The number of aromatic nitrogens is 1. The number of hydrogen-bond acceptors (Lipinski definition) is 8. The quantitative estimate of drug-likeness (QED) is 0.103. The molecule has 0 radical (unpaired) electrons. The Labute approximate surface area is 311 Å². The van der Waals surface area contributed by atoms with Crippen molar-refractivity contribution in [1.82, 2.24) is 15.2 Å². The molecule has 12 nitrogen and oxygen atoms in total. The average Bonchev–Trinajstić information content (AvgIpc) is 3.39. The zero-order valence-corrected chi connectivity index (χ0v) is 31.8. The summed E-state index contributed by atoms with van der Waals surface area (Å²) in [5, 5.41) is 10.0. The van der Waals surface area contributed by atoms with E-state index >= 15 is 0 Å². The van der Waals surface area contributed by atoms with Crippen LogP contribution in [-0.2, 0) is 25.5 Å². The number of alkyl carbamates (subject to hydrolysis) is 1. The van der Waals surface area contributed by atoms with Crippen LogP contribution in [0.2, 0.25) is 0 Å². The molecule has 1 aliphatic carbocycles. The normalized spacial score (nSPS) is 18.2. The summed E-state index contributed by atoms with van der Waals surface area (Å²) < 4.78 is 12.8. The number of fused-ring (bicyclic) bond motifs is 3. The third kappa shape index (κ3) is 10.6. The molecule has 1 aromatic heterocycles. The first-order valence-electron chi connectivity index (χ1n) is 18.9. The smallest absolute Gasteiger partial charge is 0.407 e. The number of nitrogens with zero attached hydrogens (tertiary/aromatic N) is 1. The molecule has 5 N–H and O–H groups in total. The van der Waals surface area contributed by atoms with Gasteiger partial charge in [-0.2, -0.15) is 0 Å². The Morgan fingerprint density at radius 3 is 2.36 bits per heavy atom. The van der Waals surface area contributed by atoms with Crippen LogP contribution in [0.4, 0.5) is 10.5 Å². The lowest BCUT2D eigenvalue weighted by molar-refractivity contribution is -0.150. The molecule has 286 valence electrons. The predicted molar refractivity (Wildman–Crippen MR) is 205 cm³/mol. The zero-order chi connectivity index (χ0) is 38.3. The van der Waals surface area contributed by atoms with Crippen LogP contribution in [0.5, 0.6) is 0 Å². The molecule has 2 aliphatic rings. The van der Waals surface area contributed by atoms with Crippen LogP contribution < -0.4 is 21.7 Å². The first kappa shape index (κ1) is 39.3. The molecule has 5 rings (SSSR count). The van der Waals surface area contributed by atoms with Crippen molar-refractivity contribution >= 4 is 46.4 Å². The van der Waals surface area contributed by atoms with E-state index in [2.05, 4.69) is 29.8 Å². The van der Waals surface area contributed by atoms with Gasteiger partial charge in [-0.3, -0.25) is 23.7 Å². The van der Waals surface area contributed by atoms with Gasteiger partial charge >= 0.3 is 12.1 Å². The van der Waals surface area contributed by atoms with Gasteiger partial charge in [0.2, 0.25) is 11.8 Å². The maximum Gasteiger partial charge on any atom is 0.407 e. The molecule has 1 saturated carbocycles. The highest BCUT2D eigenvalue weighted by atomic mass is 16.6. The zero-order valence-electron chi connectivity index (χ0n) is 31.8. The van der Waals surface area contributed by atoms with Gasteiger partial charge in [0.05, 0.1) is 17.5 Å². The predicted octanol–water partition coefficient (Wildman–Crippen LogP) is 6.88. The molecule has 0 spiro atoms. The van der Waals surface area contributed by atoms with Gasteiger partial charge in [-0.25, -0.2) is 4.79 Å². The van der Waals surface area contributed by atoms with Crippen LogP contribution in [0, 0.1) is 5.41 Å². The van der Waals surface area contributed by atoms with Gasteiger partial charge in [-0.15, -0.1) is 0 Å². The largest absolute Gasteiger partial charge is 0.462 e. The van der Waals surface area contributed by atoms with Crippen molar-refractivity contribution in [2.75, 3.05) is 18.4 Å². The second-order valence-electron chi connectivity index (χ2n) is 16.2. The lowest BCUT2D eigenvalue weighted by Gasteiger charge is -2.31. The van der Waals surface area contributed by atoms with Crippen molar-refractivity contribution in [3.63, 3.8) is 0 Å². The number of rotatable bonds is 14. The van der Waals surface area contributed by atoms with Crippen molar-refractivity contribution in [2.45, 2.75) is 123 Å². The highest BCUT2D eigenvalue weighted by Gasteiger charge is 2.35. The molecule has 3 amide bonds. The van der Waals surface area contributed by atoms with Crippen LogP contribution in [0.3, 0.4) is 0 Å². The lowest BCUT2D eigenvalue weighted by Crippen LogP contribution is -2.33. The third-order valence-electron chi connectivity index (χ3n) is 9.80. The molecule has 0 saturated heterocycles. The number of benzene rings is 2. The second-order valence-corrected chi connectivity index (χ2v) is 16.2. The van der Waals surface area contributed by atoms with Crippen molar-refractivity contribution in [3.05, 3.63) is 53.7 Å². The summed E-state index contributed by atoms with van der Waals surface area (Å²) in [6.07, 6.45) is 6.00. The Kier molecular flexibility index (Phi) is 12.5. The van der Waals surface area contributed by atoms with Gasteiger partial charge in [0.1, 0.15) is 11.7 Å². The minimum absolute atomic E-state index is 0.0471. The van der Waals surface area contributed by atoms with Crippen LogP contribution in [-0.4, -0.2) is 65.2 Å². The molecule has 1 fully saturated rings. The van der Waals surface area contributed by atoms with E-state index in [1.807, 2.05) is 61.7 Å². The summed E-state index contributed by atoms with van der Waals surface area (Å²) in [6, 6.07) is 13.6. The van der Waals surface area contributed by atoms with E-state index in [1.54, 1.807) is 6.07 Å². The molecule has 12 heteroatoms. The summed E-state index contributed by atoms with van der Waals surface area (Å²) in [7, 11) is 0. The minimum Gasteiger partial charge on any atom is -0.462 e. The molecule has 0 atom stereocenters. The number of hydrogen-bond donors (Lipinski definition) is 4. The fourth-order valence-electron chi connectivity index (χ4n) is 7.38. The lowest BCUT2D eigenvalue weighted by atomic mass is 9.80. The Balaban J connectivity index is 1.08. The maximum absolute atomic E-state index is 13.3. The highest BCUT2D eigenvalue weighted by molar-refractivity contribution is 6.06. The van der Waals surface area contributed by atoms with Gasteiger partial charge < -0.3 is 31.2 Å². The number of ether oxygens (including phenoxy) is 2. The maximum atomic E-state index is 13.3. The van der Waals surface area contributed by atoms with Gasteiger partial charge in [0.15, 0.2) is 0 Å². The van der Waals surface area contributed by atoms with Gasteiger partial charge in [0, 0.05) is 54.3 Å². The summed E-state index contributed by atoms with van der Waals surface area (Å²) >= 11 is 0. The number of unbranched alkanes of at least 4 members (excludes halogenated alkanes) is 2. The number of esters is 1. The molecule has 0 bridgehead atoms. The number of para-hydroxylation sites is 1. The van der Waals surface area contributed by atoms with Crippen LogP contribution in [0.15, 0.2) is 42.5 Å². The topological polar surface area (TPSA) is 171 Å². The molecule has 2 aromatic carbocycles. The van der Waals surface area contributed by atoms with E-state index in [0.717, 1.165) is 59.8 Å². The Hall–Kier alpha value is -4.87. The molecule has 0 unspecified atom stereocenters. The molecular weight excluding hydrogens is 674 g/mol. The Morgan fingerprint density at radius 2 is 1.64 bits per heavy atom. The Bertz CT molecular complexity index is 1830.